The standard InChI is InChI=1S/C12H14ClFN2O/c13-9-2-1-3-10(14)12(9)16-7-11(17)15-6-8-4-5-8/h1-3,8,16H,4-7H2,(H,15,17). The Morgan fingerprint density at radius 2 is 2.24 bits per heavy atom. The maximum Gasteiger partial charge on any atom is 0.239 e. The summed E-state index contributed by atoms with van der Waals surface area (Å²) in [7, 11) is 0. The third-order valence-electron chi connectivity index (χ3n) is 2.67. The van der Waals surface area contributed by atoms with E-state index in [1.807, 2.05) is 0 Å². The van der Waals surface area contributed by atoms with Crippen LogP contribution in [0.5, 0.6) is 0 Å². The van der Waals surface area contributed by atoms with Crippen molar-refractivity contribution in [3.63, 3.8) is 0 Å². The molecule has 0 heterocycles. The smallest absolute Gasteiger partial charge is 0.239 e. The SMILES string of the molecule is O=C(CNc1c(F)cccc1Cl)NCC1CC1. The van der Waals surface area contributed by atoms with Gasteiger partial charge >= 0.3 is 0 Å². The fourth-order valence-corrected chi connectivity index (χ4v) is 1.71. The van der Waals surface area contributed by atoms with Gasteiger partial charge in [-0.15, -0.1) is 0 Å². The molecule has 0 bridgehead atoms. The van der Waals surface area contributed by atoms with Gasteiger partial charge in [-0.05, 0) is 30.9 Å². The van der Waals surface area contributed by atoms with E-state index < -0.39 is 5.82 Å². The molecule has 2 rings (SSSR count). The Labute approximate surface area is 104 Å². The van der Waals surface area contributed by atoms with E-state index in [9.17, 15) is 9.18 Å². The van der Waals surface area contributed by atoms with E-state index >= 15 is 0 Å². The zero-order chi connectivity index (χ0) is 12.3. The molecule has 0 unspecified atom stereocenters. The van der Waals surface area contributed by atoms with Gasteiger partial charge in [0.25, 0.3) is 0 Å². The van der Waals surface area contributed by atoms with E-state index in [2.05, 4.69) is 10.6 Å². The number of carbonyl (C=O) groups excluding carboxylic acids is 1. The van der Waals surface area contributed by atoms with Crippen LogP contribution in [0.25, 0.3) is 0 Å². The molecule has 0 saturated heterocycles. The third kappa shape index (κ3) is 3.60. The Hall–Kier alpha value is -1.29. The molecule has 0 atom stereocenters. The van der Waals surface area contributed by atoms with E-state index in [1.54, 1.807) is 6.07 Å². The number of halogens is 2. The first-order chi connectivity index (χ1) is 8.16. The quantitative estimate of drug-likeness (QED) is 0.850. The van der Waals surface area contributed by atoms with Crippen LogP contribution in [0.15, 0.2) is 18.2 Å². The van der Waals surface area contributed by atoms with Crippen molar-refractivity contribution in [3.05, 3.63) is 29.0 Å². The summed E-state index contributed by atoms with van der Waals surface area (Å²) in [6.07, 6.45) is 2.37. The number of anilines is 1. The number of hydrogen-bond acceptors (Lipinski definition) is 2. The van der Waals surface area contributed by atoms with Crippen molar-refractivity contribution in [3.8, 4) is 0 Å². The molecule has 17 heavy (non-hydrogen) atoms. The monoisotopic (exact) mass is 256 g/mol. The highest BCUT2D eigenvalue weighted by Gasteiger charge is 2.21. The topological polar surface area (TPSA) is 41.1 Å². The molecular formula is C12H14ClFN2O. The Morgan fingerprint density at radius 3 is 2.88 bits per heavy atom. The zero-order valence-corrected chi connectivity index (χ0v) is 10.1. The van der Waals surface area contributed by atoms with Gasteiger partial charge in [0.2, 0.25) is 5.91 Å². The molecule has 1 aliphatic rings. The van der Waals surface area contributed by atoms with Crippen LogP contribution in [0.1, 0.15) is 12.8 Å². The van der Waals surface area contributed by atoms with Crippen LogP contribution in [-0.4, -0.2) is 19.0 Å². The van der Waals surface area contributed by atoms with Crippen LogP contribution in [-0.2, 0) is 4.79 Å². The predicted octanol–water partition coefficient (Wildman–Crippen LogP) is 2.42. The average molecular weight is 257 g/mol. The molecule has 92 valence electrons. The Kier molecular flexibility index (Phi) is 3.84. The molecule has 0 spiro atoms. The number of benzene rings is 1. The van der Waals surface area contributed by atoms with Gasteiger partial charge in [0.05, 0.1) is 17.3 Å². The van der Waals surface area contributed by atoms with Crippen LogP contribution < -0.4 is 10.6 Å². The van der Waals surface area contributed by atoms with Crippen molar-refractivity contribution < 1.29 is 9.18 Å². The lowest BCUT2D eigenvalue weighted by molar-refractivity contribution is -0.119. The van der Waals surface area contributed by atoms with Gasteiger partial charge in [-0.1, -0.05) is 17.7 Å². The molecule has 1 aliphatic carbocycles. The highest BCUT2D eigenvalue weighted by molar-refractivity contribution is 6.33. The lowest BCUT2D eigenvalue weighted by Gasteiger charge is -2.09. The average Bonchev–Trinajstić information content (AvgIpc) is 3.09. The summed E-state index contributed by atoms with van der Waals surface area (Å²) in [4.78, 5) is 11.4. The van der Waals surface area contributed by atoms with Gasteiger partial charge in [0.1, 0.15) is 5.82 Å². The first-order valence-corrected chi connectivity index (χ1v) is 5.99. The van der Waals surface area contributed by atoms with E-state index in [4.69, 9.17) is 11.6 Å². The molecule has 2 N–H and O–H groups in total. The van der Waals surface area contributed by atoms with Crippen molar-refractivity contribution in [1.82, 2.24) is 5.32 Å². The molecular weight excluding hydrogens is 243 g/mol. The second kappa shape index (κ2) is 5.36. The van der Waals surface area contributed by atoms with Gasteiger partial charge in [-0.3, -0.25) is 4.79 Å². The fourth-order valence-electron chi connectivity index (χ4n) is 1.48. The summed E-state index contributed by atoms with van der Waals surface area (Å²) < 4.78 is 13.3. The van der Waals surface area contributed by atoms with Crippen molar-refractivity contribution in [2.75, 3.05) is 18.4 Å². The summed E-state index contributed by atoms with van der Waals surface area (Å²) in [5, 5.41) is 5.77. The van der Waals surface area contributed by atoms with Gasteiger partial charge < -0.3 is 10.6 Å². The molecule has 1 saturated carbocycles. The second-order valence-electron chi connectivity index (χ2n) is 4.20. The van der Waals surface area contributed by atoms with E-state index in [0.29, 0.717) is 12.5 Å². The number of para-hydroxylation sites is 1. The van der Waals surface area contributed by atoms with Crippen molar-refractivity contribution in [2.45, 2.75) is 12.8 Å². The Bertz CT molecular complexity index is 401. The molecule has 1 fully saturated rings. The Morgan fingerprint density at radius 1 is 1.47 bits per heavy atom. The van der Waals surface area contributed by atoms with E-state index in [1.165, 1.54) is 25.0 Å². The maximum absolute atomic E-state index is 13.3. The molecule has 1 aromatic rings. The molecule has 3 nitrogen and oxygen atoms in total. The largest absolute Gasteiger partial charge is 0.373 e. The molecule has 0 aliphatic heterocycles. The first kappa shape index (κ1) is 12.2. The Balaban J connectivity index is 1.81. The number of hydrogen-bond donors (Lipinski definition) is 2. The normalized spacial score (nSPS) is 14.5. The van der Waals surface area contributed by atoms with E-state index in [0.717, 1.165) is 0 Å². The predicted molar refractivity (Wildman–Crippen MR) is 65.6 cm³/mol. The van der Waals surface area contributed by atoms with Gasteiger partial charge in [-0.25, -0.2) is 4.39 Å². The first-order valence-electron chi connectivity index (χ1n) is 5.61. The second-order valence-corrected chi connectivity index (χ2v) is 4.60. The van der Waals surface area contributed by atoms with Crippen LogP contribution >= 0.6 is 11.6 Å². The van der Waals surface area contributed by atoms with Crippen molar-refractivity contribution in [2.24, 2.45) is 5.92 Å². The summed E-state index contributed by atoms with van der Waals surface area (Å²) in [6.45, 7) is 0.749. The summed E-state index contributed by atoms with van der Waals surface area (Å²) in [6, 6.07) is 4.40. The zero-order valence-electron chi connectivity index (χ0n) is 9.30. The number of carbonyl (C=O) groups is 1. The molecule has 0 aromatic heterocycles. The summed E-state index contributed by atoms with van der Waals surface area (Å²) in [5.41, 5.74) is 0.177. The molecule has 0 radical (unpaired) electrons. The lowest BCUT2D eigenvalue weighted by Crippen LogP contribution is -2.31. The van der Waals surface area contributed by atoms with Crippen LogP contribution in [0, 0.1) is 11.7 Å². The van der Waals surface area contributed by atoms with Crippen LogP contribution in [0.3, 0.4) is 0 Å². The highest BCUT2D eigenvalue weighted by atomic mass is 35.5. The van der Waals surface area contributed by atoms with Gasteiger partial charge in [0, 0.05) is 6.54 Å². The fraction of sp³-hybridized carbons (Fsp3) is 0.417. The van der Waals surface area contributed by atoms with Gasteiger partial charge in [0.15, 0.2) is 0 Å². The minimum absolute atomic E-state index is 0.0351. The molecule has 1 aromatic carbocycles. The maximum atomic E-state index is 13.3. The number of rotatable bonds is 5. The van der Waals surface area contributed by atoms with Crippen LogP contribution in [0.4, 0.5) is 10.1 Å². The molecule has 5 heteroatoms. The van der Waals surface area contributed by atoms with Gasteiger partial charge in [-0.2, -0.15) is 0 Å². The highest BCUT2D eigenvalue weighted by Crippen LogP contribution is 2.27. The number of nitrogens with one attached hydrogen (secondary N) is 2. The summed E-state index contributed by atoms with van der Waals surface area (Å²) in [5.74, 6) is 0.0414. The summed E-state index contributed by atoms with van der Waals surface area (Å²) >= 11 is 5.82. The van der Waals surface area contributed by atoms with Crippen molar-refractivity contribution in [1.29, 1.82) is 0 Å². The minimum Gasteiger partial charge on any atom is -0.373 e. The van der Waals surface area contributed by atoms with Crippen LogP contribution in [0.2, 0.25) is 5.02 Å². The minimum atomic E-state index is -0.451. The number of amides is 1. The lowest BCUT2D eigenvalue weighted by atomic mass is 10.3. The van der Waals surface area contributed by atoms with E-state index in [-0.39, 0.29) is 23.2 Å². The van der Waals surface area contributed by atoms with Crippen molar-refractivity contribution >= 4 is 23.2 Å². The third-order valence-corrected chi connectivity index (χ3v) is 2.99. The molecule has 1 amide bonds.